The summed E-state index contributed by atoms with van der Waals surface area (Å²) in [6, 6.07) is 13.9. The van der Waals surface area contributed by atoms with Crippen LogP contribution in [0.5, 0.6) is 0 Å². The predicted octanol–water partition coefficient (Wildman–Crippen LogP) is 4.43. The number of rotatable bonds is 8. The third-order valence-corrected chi connectivity index (χ3v) is 7.82. The summed E-state index contributed by atoms with van der Waals surface area (Å²) < 4.78 is 7.77. The molecule has 2 fully saturated rings. The second-order valence-electron chi connectivity index (χ2n) is 9.00. The second-order valence-corrected chi connectivity index (χ2v) is 10.7. The number of amides is 1. The fourth-order valence-corrected chi connectivity index (χ4v) is 5.79. The van der Waals surface area contributed by atoms with E-state index >= 15 is 0 Å². The molecule has 9 heteroatoms. The number of nitrogens with one attached hydrogen (secondary N) is 1. The maximum atomic E-state index is 13.5. The standard InChI is InChI=1S/C27H28N4O3S2/c1-18-8-5-13-30-24(18)29-23(28-17-20-12-7-15-34-20)21(25(30)32)16-22-26(33)31(27(35)36-22)14-6-11-19-9-3-2-4-10-19/h2-5,8-10,13,16,20,28H,6-7,11-12,14-15,17H2,1H3/b22-16-/t20-/m1/s1. The number of pyridine rings is 1. The van der Waals surface area contributed by atoms with Gasteiger partial charge in [0.25, 0.3) is 11.5 Å². The summed E-state index contributed by atoms with van der Waals surface area (Å²) in [5.41, 5.74) is 2.83. The second kappa shape index (κ2) is 10.9. The van der Waals surface area contributed by atoms with Gasteiger partial charge in [-0.15, -0.1) is 0 Å². The lowest BCUT2D eigenvalue weighted by Gasteiger charge is -2.15. The molecular weight excluding hydrogens is 492 g/mol. The number of carbonyl (C=O) groups is 1. The van der Waals surface area contributed by atoms with Gasteiger partial charge in [0.05, 0.1) is 16.6 Å². The number of thioether (sulfide) groups is 1. The molecule has 1 amide bonds. The Bertz CT molecular complexity index is 1380. The van der Waals surface area contributed by atoms with Gasteiger partial charge >= 0.3 is 0 Å². The van der Waals surface area contributed by atoms with Gasteiger partial charge in [-0.05, 0) is 55.9 Å². The Morgan fingerprint density at radius 1 is 1.22 bits per heavy atom. The van der Waals surface area contributed by atoms with Crippen LogP contribution in [0.4, 0.5) is 5.82 Å². The first-order valence-corrected chi connectivity index (χ1v) is 13.4. The van der Waals surface area contributed by atoms with Crippen LogP contribution in [0, 0.1) is 6.92 Å². The van der Waals surface area contributed by atoms with Crippen LogP contribution in [0.1, 0.15) is 36.0 Å². The maximum absolute atomic E-state index is 13.5. The van der Waals surface area contributed by atoms with Crippen LogP contribution in [0.2, 0.25) is 0 Å². The largest absolute Gasteiger partial charge is 0.376 e. The van der Waals surface area contributed by atoms with Crippen LogP contribution in [0.25, 0.3) is 11.7 Å². The number of ether oxygens (including phenoxy) is 1. The molecule has 0 unspecified atom stereocenters. The Morgan fingerprint density at radius 2 is 2.06 bits per heavy atom. The average Bonchev–Trinajstić information content (AvgIpc) is 3.49. The van der Waals surface area contributed by atoms with E-state index in [-0.39, 0.29) is 17.6 Å². The first-order valence-electron chi connectivity index (χ1n) is 12.2. The van der Waals surface area contributed by atoms with E-state index < -0.39 is 0 Å². The minimum absolute atomic E-state index is 0.0813. The van der Waals surface area contributed by atoms with Gasteiger partial charge in [-0.2, -0.15) is 0 Å². The topological polar surface area (TPSA) is 75.9 Å². The van der Waals surface area contributed by atoms with E-state index in [1.807, 2.05) is 37.3 Å². The molecular formula is C27H28N4O3S2. The van der Waals surface area contributed by atoms with Crippen LogP contribution in [0.15, 0.2) is 58.4 Å². The monoisotopic (exact) mass is 520 g/mol. The lowest BCUT2D eigenvalue weighted by Crippen LogP contribution is -2.29. The van der Waals surface area contributed by atoms with E-state index in [0.29, 0.717) is 39.3 Å². The summed E-state index contributed by atoms with van der Waals surface area (Å²) >= 11 is 6.75. The number of hydrogen-bond acceptors (Lipinski definition) is 7. The molecule has 5 rings (SSSR count). The van der Waals surface area contributed by atoms with Gasteiger partial charge in [0.2, 0.25) is 0 Å². The highest BCUT2D eigenvalue weighted by Gasteiger charge is 2.32. The molecule has 2 saturated heterocycles. The summed E-state index contributed by atoms with van der Waals surface area (Å²) in [6.45, 7) is 3.76. The summed E-state index contributed by atoms with van der Waals surface area (Å²) in [5.74, 6) is 0.288. The highest BCUT2D eigenvalue weighted by Crippen LogP contribution is 2.33. The molecule has 0 bridgehead atoms. The molecule has 7 nitrogen and oxygen atoms in total. The van der Waals surface area contributed by atoms with Crippen LogP contribution in [-0.2, 0) is 16.0 Å². The number of aromatic nitrogens is 2. The van der Waals surface area contributed by atoms with Crippen molar-refractivity contribution in [1.82, 2.24) is 14.3 Å². The Morgan fingerprint density at radius 3 is 2.83 bits per heavy atom. The van der Waals surface area contributed by atoms with Crippen molar-refractivity contribution in [2.45, 2.75) is 38.7 Å². The van der Waals surface area contributed by atoms with E-state index in [4.69, 9.17) is 21.9 Å². The molecule has 0 radical (unpaired) electrons. The zero-order valence-electron chi connectivity index (χ0n) is 20.1. The fraction of sp³-hybridized carbons (Fsp3) is 0.333. The number of anilines is 1. The molecule has 0 saturated carbocycles. The number of aryl methyl sites for hydroxylation is 2. The van der Waals surface area contributed by atoms with Gasteiger partial charge in [-0.3, -0.25) is 18.9 Å². The van der Waals surface area contributed by atoms with Crippen molar-refractivity contribution < 1.29 is 9.53 Å². The molecule has 186 valence electrons. The molecule has 2 aliphatic heterocycles. The van der Waals surface area contributed by atoms with E-state index in [9.17, 15) is 9.59 Å². The average molecular weight is 521 g/mol. The number of carbonyl (C=O) groups excluding carboxylic acids is 1. The SMILES string of the molecule is Cc1cccn2c(=O)c(/C=C3\SC(=S)N(CCCc4ccccc4)C3=O)c(NC[C@H]3CCCO3)nc12. The highest BCUT2D eigenvalue weighted by atomic mass is 32.2. The Labute approximate surface area is 219 Å². The Balaban J connectivity index is 1.41. The van der Waals surface area contributed by atoms with Crippen molar-refractivity contribution in [3.63, 3.8) is 0 Å². The van der Waals surface area contributed by atoms with E-state index in [1.54, 1.807) is 17.2 Å². The van der Waals surface area contributed by atoms with Crippen LogP contribution < -0.4 is 10.9 Å². The molecule has 1 N–H and O–H groups in total. The number of thiocarbonyl (C=S) groups is 1. The molecule has 36 heavy (non-hydrogen) atoms. The predicted molar refractivity (Wildman–Crippen MR) is 148 cm³/mol. The third-order valence-electron chi connectivity index (χ3n) is 6.44. The number of hydrogen-bond donors (Lipinski definition) is 1. The summed E-state index contributed by atoms with van der Waals surface area (Å²) in [4.78, 5) is 33.6. The lowest BCUT2D eigenvalue weighted by atomic mass is 10.1. The van der Waals surface area contributed by atoms with E-state index in [1.165, 1.54) is 21.7 Å². The molecule has 1 atom stereocenters. The first-order chi connectivity index (χ1) is 17.5. The van der Waals surface area contributed by atoms with Gasteiger partial charge < -0.3 is 10.1 Å². The lowest BCUT2D eigenvalue weighted by molar-refractivity contribution is -0.122. The zero-order chi connectivity index (χ0) is 25.1. The van der Waals surface area contributed by atoms with E-state index in [2.05, 4.69) is 17.4 Å². The van der Waals surface area contributed by atoms with Gasteiger partial charge in [-0.25, -0.2) is 4.98 Å². The van der Waals surface area contributed by atoms with E-state index in [0.717, 1.165) is 37.9 Å². The number of benzene rings is 1. The minimum Gasteiger partial charge on any atom is -0.376 e. The minimum atomic E-state index is -0.229. The quantitative estimate of drug-likeness (QED) is 0.348. The third kappa shape index (κ3) is 5.23. The molecule has 0 spiro atoms. The molecule has 2 aromatic heterocycles. The van der Waals surface area contributed by atoms with Gasteiger partial charge in [0, 0.05) is 25.9 Å². The fourth-order valence-electron chi connectivity index (χ4n) is 4.50. The number of nitrogens with zero attached hydrogens (tertiary/aromatic N) is 3. The van der Waals surface area contributed by atoms with Crippen LogP contribution >= 0.6 is 24.0 Å². The van der Waals surface area contributed by atoms with Gasteiger partial charge in [0.1, 0.15) is 15.8 Å². The first kappa shape index (κ1) is 24.7. The van der Waals surface area contributed by atoms with Crippen molar-refractivity contribution in [2.24, 2.45) is 0 Å². The summed E-state index contributed by atoms with van der Waals surface area (Å²) in [7, 11) is 0. The summed E-state index contributed by atoms with van der Waals surface area (Å²) in [5, 5.41) is 3.32. The van der Waals surface area contributed by atoms with Crippen molar-refractivity contribution in [1.29, 1.82) is 0 Å². The molecule has 0 aliphatic carbocycles. The molecule has 2 aliphatic rings. The zero-order valence-corrected chi connectivity index (χ0v) is 21.7. The van der Waals surface area contributed by atoms with Crippen molar-refractivity contribution in [3.05, 3.63) is 80.6 Å². The molecule has 4 heterocycles. The molecule has 1 aromatic carbocycles. The Kier molecular flexibility index (Phi) is 7.50. The van der Waals surface area contributed by atoms with Crippen LogP contribution in [-0.4, -0.2) is 50.3 Å². The normalized spacial score (nSPS) is 19.1. The van der Waals surface area contributed by atoms with Gasteiger partial charge in [-0.1, -0.05) is 60.4 Å². The smallest absolute Gasteiger partial charge is 0.267 e. The van der Waals surface area contributed by atoms with Crippen molar-refractivity contribution >= 4 is 51.7 Å². The molecule has 3 aromatic rings. The van der Waals surface area contributed by atoms with Gasteiger partial charge in [0.15, 0.2) is 0 Å². The Hall–Kier alpha value is -3.01. The van der Waals surface area contributed by atoms with Crippen molar-refractivity contribution in [3.8, 4) is 0 Å². The highest BCUT2D eigenvalue weighted by molar-refractivity contribution is 8.26. The van der Waals surface area contributed by atoms with Crippen LogP contribution in [0.3, 0.4) is 0 Å². The number of fused-ring (bicyclic) bond motifs is 1. The summed E-state index contributed by atoms with van der Waals surface area (Å²) in [6.07, 6.45) is 7.08. The van der Waals surface area contributed by atoms with Crippen molar-refractivity contribution in [2.75, 3.05) is 25.0 Å². The maximum Gasteiger partial charge on any atom is 0.267 e.